The van der Waals surface area contributed by atoms with E-state index in [1.807, 2.05) is 0 Å². The first kappa shape index (κ1) is 12.9. The third-order valence-corrected chi connectivity index (χ3v) is 4.56. The fourth-order valence-corrected chi connectivity index (χ4v) is 3.55. The molecule has 1 aliphatic heterocycles. The summed E-state index contributed by atoms with van der Waals surface area (Å²) in [5.41, 5.74) is 3.19. The van der Waals surface area contributed by atoms with E-state index >= 15 is 0 Å². The Kier molecular flexibility index (Phi) is 4.03. The van der Waals surface area contributed by atoms with E-state index in [2.05, 4.69) is 48.7 Å². The average molecular weight is 255 g/mol. The predicted octanol–water partition coefficient (Wildman–Crippen LogP) is 4.15. The van der Waals surface area contributed by atoms with Crippen LogP contribution in [0.1, 0.15) is 39.0 Å². The molecule has 0 aromatic rings. The maximum atomic E-state index is 3.69. The van der Waals surface area contributed by atoms with Crippen molar-refractivity contribution in [2.75, 3.05) is 6.54 Å². The highest BCUT2D eigenvalue weighted by Crippen LogP contribution is 2.33. The van der Waals surface area contributed by atoms with Crippen LogP contribution in [0.5, 0.6) is 0 Å². The van der Waals surface area contributed by atoms with E-state index in [1.54, 1.807) is 11.1 Å². The molecule has 0 spiro atoms. The quantitative estimate of drug-likeness (QED) is 0.781. The van der Waals surface area contributed by atoms with E-state index in [1.165, 1.54) is 38.6 Å². The summed E-state index contributed by atoms with van der Waals surface area (Å²) in [5.74, 6) is 1.33. The lowest BCUT2D eigenvalue weighted by atomic mass is 9.79. The first-order chi connectivity index (χ1) is 9.33. The Morgan fingerprint density at radius 2 is 2.16 bits per heavy atom. The van der Waals surface area contributed by atoms with Gasteiger partial charge in [0.05, 0.1) is 0 Å². The highest BCUT2D eigenvalue weighted by atomic mass is 14.9. The minimum absolute atomic E-state index is 0.606. The van der Waals surface area contributed by atoms with Gasteiger partial charge < -0.3 is 5.32 Å². The molecule has 1 heterocycles. The van der Waals surface area contributed by atoms with Gasteiger partial charge in [-0.25, -0.2) is 0 Å². The maximum Gasteiger partial charge on any atom is 0.0317 e. The van der Waals surface area contributed by atoms with Gasteiger partial charge >= 0.3 is 0 Å². The molecule has 0 saturated carbocycles. The minimum atomic E-state index is 0.606. The van der Waals surface area contributed by atoms with Crippen LogP contribution in [-0.2, 0) is 0 Å². The average Bonchev–Trinajstić information content (AvgIpc) is 2.48. The van der Waals surface area contributed by atoms with Gasteiger partial charge in [0.15, 0.2) is 0 Å². The zero-order valence-electron chi connectivity index (χ0n) is 11.9. The Balaban J connectivity index is 1.77. The number of piperidine rings is 1. The van der Waals surface area contributed by atoms with E-state index in [-0.39, 0.29) is 0 Å². The third-order valence-electron chi connectivity index (χ3n) is 4.56. The van der Waals surface area contributed by atoms with Crippen LogP contribution in [0.2, 0.25) is 0 Å². The molecule has 1 N–H and O–H groups in total. The molecule has 1 heteroatoms. The fraction of sp³-hybridized carbons (Fsp3) is 0.556. The highest BCUT2D eigenvalue weighted by molar-refractivity contribution is 5.37. The van der Waals surface area contributed by atoms with Crippen molar-refractivity contribution in [3.8, 4) is 0 Å². The van der Waals surface area contributed by atoms with E-state index in [0.717, 1.165) is 0 Å². The number of nitrogens with one attached hydrogen (secondary N) is 1. The first-order valence-corrected chi connectivity index (χ1v) is 7.82. The number of rotatable bonds is 2. The molecule has 1 fully saturated rings. The molecule has 1 saturated heterocycles. The molecule has 102 valence electrons. The summed E-state index contributed by atoms with van der Waals surface area (Å²) in [7, 11) is 0. The summed E-state index contributed by atoms with van der Waals surface area (Å²) in [6, 6.07) is 0.606. The second-order valence-electron chi connectivity index (χ2n) is 6.23. The largest absolute Gasteiger partial charge is 0.310 e. The van der Waals surface area contributed by atoms with E-state index in [4.69, 9.17) is 0 Å². The molecule has 0 amide bonds. The van der Waals surface area contributed by atoms with Crippen LogP contribution >= 0.6 is 0 Å². The Morgan fingerprint density at radius 3 is 2.89 bits per heavy atom. The van der Waals surface area contributed by atoms with Crippen molar-refractivity contribution in [2.45, 2.75) is 45.1 Å². The molecular formula is C18H25N. The molecule has 2 aliphatic carbocycles. The summed E-state index contributed by atoms with van der Waals surface area (Å²) in [5, 5.41) is 3.69. The van der Waals surface area contributed by atoms with E-state index in [0.29, 0.717) is 17.9 Å². The first-order valence-electron chi connectivity index (χ1n) is 7.82. The summed E-state index contributed by atoms with van der Waals surface area (Å²) >= 11 is 0. The number of hydrogen-bond donors (Lipinski definition) is 1. The Hall–Kier alpha value is -1.08. The molecule has 3 rings (SSSR count). The molecule has 0 aromatic carbocycles. The molecule has 3 atom stereocenters. The van der Waals surface area contributed by atoms with E-state index < -0.39 is 0 Å². The van der Waals surface area contributed by atoms with Gasteiger partial charge in [0.25, 0.3) is 0 Å². The van der Waals surface area contributed by atoms with Crippen molar-refractivity contribution in [1.82, 2.24) is 5.32 Å². The van der Waals surface area contributed by atoms with Gasteiger partial charge in [0.1, 0.15) is 0 Å². The van der Waals surface area contributed by atoms with Gasteiger partial charge in [-0.3, -0.25) is 0 Å². The third kappa shape index (κ3) is 3.09. The topological polar surface area (TPSA) is 12.0 Å². The van der Waals surface area contributed by atoms with Crippen LogP contribution in [0.25, 0.3) is 0 Å². The van der Waals surface area contributed by atoms with Crippen LogP contribution in [0.15, 0.2) is 47.6 Å². The molecular weight excluding hydrogens is 230 g/mol. The minimum Gasteiger partial charge on any atom is -0.310 e. The number of hydrogen-bond acceptors (Lipinski definition) is 1. The SMILES string of the molecule is CC1C=C(C2CCCCN2)C=C(C2C=CC=CC2)C1. The van der Waals surface area contributed by atoms with Crippen LogP contribution in [0.3, 0.4) is 0 Å². The molecule has 3 unspecified atom stereocenters. The smallest absolute Gasteiger partial charge is 0.0317 e. The van der Waals surface area contributed by atoms with Gasteiger partial charge in [-0.15, -0.1) is 0 Å². The van der Waals surface area contributed by atoms with Crippen LogP contribution < -0.4 is 5.32 Å². The van der Waals surface area contributed by atoms with Crippen molar-refractivity contribution in [3.05, 3.63) is 47.6 Å². The van der Waals surface area contributed by atoms with Crippen molar-refractivity contribution >= 4 is 0 Å². The van der Waals surface area contributed by atoms with Crippen molar-refractivity contribution in [1.29, 1.82) is 0 Å². The summed E-state index contributed by atoms with van der Waals surface area (Å²) in [6.45, 7) is 3.55. The molecule has 19 heavy (non-hydrogen) atoms. The van der Waals surface area contributed by atoms with Gasteiger partial charge in [-0.2, -0.15) is 0 Å². The van der Waals surface area contributed by atoms with Gasteiger partial charge in [-0.05, 0) is 43.7 Å². The Bertz CT molecular complexity index is 433. The standard InChI is InChI=1S/C18H25N/c1-14-11-16(15-7-3-2-4-8-15)13-17(12-14)18-9-5-6-10-19-18/h2-4,7,12-15,18-19H,5-6,8-11H2,1H3. The second-order valence-corrected chi connectivity index (χ2v) is 6.23. The summed E-state index contributed by atoms with van der Waals surface area (Å²) in [4.78, 5) is 0. The Morgan fingerprint density at radius 1 is 1.21 bits per heavy atom. The zero-order valence-corrected chi connectivity index (χ0v) is 11.9. The maximum absolute atomic E-state index is 3.69. The van der Waals surface area contributed by atoms with Gasteiger partial charge in [-0.1, -0.05) is 55.4 Å². The Labute approximate surface area is 117 Å². The molecule has 0 aromatic heterocycles. The van der Waals surface area contributed by atoms with Crippen LogP contribution in [0.4, 0.5) is 0 Å². The number of allylic oxidation sites excluding steroid dienone is 6. The van der Waals surface area contributed by atoms with Crippen molar-refractivity contribution < 1.29 is 0 Å². The second kappa shape index (κ2) is 5.92. The lowest BCUT2D eigenvalue weighted by Crippen LogP contribution is -2.36. The van der Waals surface area contributed by atoms with Crippen LogP contribution in [0, 0.1) is 11.8 Å². The van der Waals surface area contributed by atoms with E-state index in [9.17, 15) is 0 Å². The predicted molar refractivity (Wildman–Crippen MR) is 82.0 cm³/mol. The monoisotopic (exact) mass is 255 g/mol. The van der Waals surface area contributed by atoms with Crippen molar-refractivity contribution in [2.24, 2.45) is 11.8 Å². The van der Waals surface area contributed by atoms with Crippen molar-refractivity contribution in [3.63, 3.8) is 0 Å². The summed E-state index contributed by atoms with van der Waals surface area (Å²) in [6.07, 6.45) is 20.5. The summed E-state index contributed by atoms with van der Waals surface area (Å²) < 4.78 is 0. The zero-order chi connectivity index (χ0) is 13.1. The normalized spacial score (nSPS) is 34.9. The molecule has 0 radical (unpaired) electrons. The van der Waals surface area contributed by atoms with Gasteiger partial charge in [0, 0.05) is 12.0 Å². The van der Waals surface area contributed by atoms with Gasteiger partial charge in [0.2, 0.25) is 0 Å². The molecule has 3 aliphatic rings. The lowest BCUT2D eigenvalue weighted by molar-refractivity contribution is 0.439. The fourth-order valence-electron chi connectivity index (χ4n) is 3.55. The lowest BCUT2D eigenvalue weighted by Gasteiger charge is -2.30. The van der Waals surface area contributed by atoms with Crippen LogP contribution in [-0.4, -0.2) is 12.6 Å². The molecule has 1 nitrogen and oxygen atoms in total. The highest BCUT2D eigenvalue weighted by Gasteiger charge is 2.23. The molecule has 0 bridgehead atoms.